The third kappa shape index (κ3) is 2.89. The number of aromatic nitrogens is 3. The molecule has 1 aromatic carbocycles. The van der Waals surface area contributed by atoms with Gasteiger partial charge in [-0.1, -0.05) is 30.4 Å². The van der Waals surface area contributed by atoms with Crippen LogP contribution in [0.3, 0.4) is 0 Å². The molecule has 0 bridgehead atoms. The second-order valence-corrected chi connectivity index (χ2v) is 4.20. The lowest BCUT2D eigenvalue weighted by Crippen LogP contribution is -2.29. The van der Waals surface area contributed by atoms with E-state index < -0.39 is 0 Å². The van der Waals surface area contributed by atoms with E-state index in [9.17, 15) is 0 Å². The van der Waals surface area contributed by atoms with Gasteiger partial charge in [-0.3, -0.25) is 21.0 Å². The van der Waals surface area contributed by atoms with Gasteiger partial charge >= 0.3 is 0 Å². The summed E-state index contributed by atoms with van der Waals surface area (Å²) in [4.78, 5) is 4.45. The number of anilines is 1. The Kier molecular flexibility index (Phi) is 3.50. The first-order valence-electron chi connectivity index (χ1n) is 4.93. The molecular weight excluding hydrogens is 254 g/mol. The lowest BCUT2D eigenvalue weighted by atomic mass is 10.2. The summed E-state index contributed by atoms with van der Waals surface area (Å²) in [6.07, 6.45) is 0. The van der Waals surface area contributed by atoms with E-state index >= 15 is 0 Å². The number of para-hydroxylation sites is 1. The predicted octanol–water partition coefficient (Wildman–Crippen LogP) is 2.07. The van der Waals surface area contributed by atoms with Crippen LogP contribution in [0.1, 0.15) is 11.4 Å². The van der Waals surface area contributed by atoms with Crippen LogP contribution >= 0.6 is 24.4 Å². The van der Waals surface area contributed by atoms with Crippen molar-refractivity contribution >= 4 is 35.1 Å². The molecule has 0 aliphatic heterocycles. The van der Waals surface area contributed by atoms with Crippen molar-refractivity contribution in [3.05, 3.63) is 40.4 Å². The van der Waals surface area contributed by atoms with E-state index in [2.05, 4.69) is 26.0 Å². The molecule has 0 fully saturated rings. The maximum atomic E-state index is 5.14. The summed E-state index contributed by atoms with van der Waals surface area (Å²) in [5.74, 6) is 0.506. The fraction of sp³-hybridized carbons (Fsp3) is 0.100. The molecule has 0 atom stereocenters. The number of nitrogens with one attached hydrogen (secondary N) is 4. The molecule has 17 heavy (non-hydrogen) atoms. The van der Waals surface area contributed by atoms with Gasteiger partial charge in [0.2, 0.25) is 4.77 Å². The Morgan fingerprint density at radius 3 is 2.71 bits per heavy atom. The molecule has 0 spiro atoms. The first-order chi connectivity index (χ1) is 8.16. The molecule has 0 unspecified atom stereocenters. The molecule has 2 aromatic rings. The summed E-state index contributed by atoms with van der Waals surface area (Å²) >= 11 is 9.99. The fourth-order valence-corrected chi connectivity index (χ4v) is 1.56. The molecule has 88 valence electrons. The highest BCUT2D eigenvalue weighted by atomic mass is 32.1. The van der Waals surface area contributed by atoms with Gasteiger partial charge in [-0.2, -0.15) is 4.98 Å². The van der Waals surface area contributed by atoms with Crippen LogP contribution in [0.5, 0.6) is 0 Å². The van der Waals surface area contributed by atoms with E-state index in [1.165, 1.54) is 0 Å². The Hall–Kier alpha value is -1.73. The van der Waals surface area contributed by atoms with Gasteiger partial charge in [0.05, 0.1) is 5.69 Å². The second-order valence-electron chi connectivity index (χ2n) is 3.41. The van der Waals surface area contributed by atoms with Crippen molar-refractivity contribution in [3.8, 4) is 0 Å². The third-order valence-electron chi connectivity index (χ3n) is 2.17. The Morgan fingerprint density at radius 1 is 1.29 bits per heavy atom. The second kappa shape index (κ2) is 5.07. The minimum Gasteiger partial charge on any atom is -0.300 e. The van der Waals surface area contributed by atoms with Crippen LogP contribution in [0.4, 0.5) is 5.69 Å². The van der Waals surface area contributed by atoms with Crippen molar-refractivity contribution in [2.75, 3.05) is 5.43 Å². The fourth-order valence-electron chi connectivity index (χ4n) is 1.27. The molecule has 1 aromatic heterocycles. The molecule has 1 heterocycles. The van der Waals surface area contributed by atoms with E-state index in [4.69, 9.17) is 24.4 Å². The Balaban J connectivity index is 2.02. The van der Waals surface area contributed by atoms with E-state index in [0.717, 1.165) is 11.3 Å². The number of rotatable bonds is 3. The lowest BCUT2D eigenvalue weighted by Gasteiger charge is -2.10. The van der Waals surface area contributed by atoms with Gasteiger partial charge in [0, 0.05) is 0 Å². The standard InChI is InChI=1S/C10H11N5S2/c1-6-4-2-3-5-7(6)12-14-9(16)8-11-10(17)15-13-8/h2-5,12H,1H3,(H,14,16)(H2,11,13,15,17). The van der Waals surface area contributed by atoms with Gasteiger partial charge < -0.3 is 0 Å². The summed E-state index contributed by atoms with van der Waals surface area (Å²) in [7, 11) is 0. The van der Waals surface area contributed by atoms with E-state index in [0.29, 0.717) is 15.6 Å². The third-order valence-corrected chi connectivity index (χ3v) is 2.66. The van der Waals surface area contributed by atoms with Crippen LogP contribution in [0.2, 0.25) is 0 Å². The topological polar surface area (TPSA) is 68.5 Å². The quantitative estimate of drug-likeness (QED) is 0.505. The van der Waals surface area contributed by atoms with Crippen molar-refractivity contribution in [2.24, 2.45) is 0 Å². The van der Waals surface area contributed by atoms with Crippen LogP contribution in [0.15, 0.2) is 24.3 Å². The smallest absolute Gasteiger partial charge is 0.213 e. The van der Waals surface area contributed by atoms with Gasteiger partial charge in [-0.05, 0) is 30.8 Å². The molecule has 4 N–H and O–H groups in total. The van der Waals surface area contributed by atoms with Crippen molar-refractivity contribution < 1.29 is 0 Å². The molecular formula is C10H11N5S2. The molecule has 0 aliphatic carbocycles. The van der Waals surface area contributed by atoms with Gasteiger partial charge in [-0.15, -0.1) is 0 Å². The lowest BCUT2D eigenvalue weighted by molar-refractivity contribution is 1.05. The largest absolute Gasteiger partial charge is 0.300 e. The first kappa shape index (κ1) is 11.7. The highest BCUT2D eigenvalue weighted by Gasteiger charge is 2.04. The molecule has 2 rings (SSSR count). The number of thiocarbonyl (C=S) groups is 1. The summed E-state index contributed by atoms with van der Waals surface area (Å²) in [5.41, 5.74) is 8.00. The molecule has 0 aliphatic rings. The SMILES string of the molecule is Cc1ccccc1NNC(=S)c1nc(=S)[nH][nH]1. The molecule has 0 radical (unpaired) electrons. The Morgan fingerprint density at radius 2 is 2.06 bits per heavy atom. The number of hydrazine groups is 1. The Bertz CT molecular complexity index is 586. The zero-order valence-corrected chi connectivity index (χ0v) is 10.7. The van der Waals surface area contributed by atoms with E-state index in [-0.39, 0.29) is 0 Å². The number of aromatic amines is 2. The maximum absolute atomic E-state index is 5.14. The van der Waals surface area contributed by atoms with Crippen LogP contribution in [-0.4, -0.2) is 20.2 Å². The van der Waals surface area contributed by atoms with Crippen molar-refractivity contribution in [1.29, 1.82) is 0 Å². The number of hydrogen-bond acceptors (Lipinski definition) is 4. The predicted molar refractivity (Wildman–Crippen MR) is 73.4 cm³/mol. The average molecular weight is 265 g/mol. The van der Waals surface area contributed by atoms with Crippen LogP contribution in [-0.2, 0) is 0 Å². The van der Waals surface area contributed by atoms with Crippen molar-refractivity contribution in [2.45, 2.75) is 6.92 Å². The minimum atomic E-state index is 0.375. The molecule has 7 heteroatoms. The number of aryl methyl sites for hydroxylation is 1. The highest BCUT2D eigenvalue weighted by Crippen LogP contribution is 2.11. The monoisotopic (exact) mass is 265 g/mol. The molecule has 0 saturated heterocycles. The van der Waals surface area contributed by atoms with Crippen molar-refractivity contribution in [3.63, 3.8) is 0 Å². The number of benzene rings is 1. The van der Waals surface area contributed by atoms with Crippen LogP contribution in [0.25, 0.3) is 0 Å². The van der Waals surface area contributed by atoms with Crippen molar-refractivity contribution in [1.82, 2.24) is 20.6 Å². The van der Waals surface area contributed by atoms with Gasteiger partial charge in [0.25, 0.3) is 0 Å². The van der Waals surface area contributed by atoms with Gasteiger partial charge in [0.15, 0.2) is 10.8 Å². The summed E-state index contributed by atoms with van der Waals surface area (Å²) in [5, 5.41) is 5.45. The van der Waals surface area contributed by atoms with Gasteiger partial charge in [-0.25, -0.2) is 0 Å². The normalized spacial score (nSPS) is 9.94. The molecule has 0 amide bonds. The zero-order valence-electron chi connectivity index (χ0n) is 9.07. The molecule has 5 nitrogen and oxygen atoms in total. The van der Waals surface area contributed by atoms with E-state index in [1.807, 2.05) is 31.2 Å². The molecule has 0 saturated carbocycles. The van der Waals surface area contributed by atoms with E-state index in [1.54, 1.807) is 0 Å². The summed E-state index contributed by atoms with van der Waals surface area (Å²) < 4.78 is 0.375. The van der Waals surface area contributed by atoms with Crippen LogP contribution in [0, 0.1) is 11.7 Å². The highest BCUT2D eigenvalue weighted by molar-refractivity contribution is 7.80. The minimum absolute atomic E-state index is 0.375. The van der Waals surface area contributed by atoms with Gasteiger partial charge in [0.1, 0.15) is 0 Å². The average Bonchev–Trinajstić information content (AvgIpc) is 2.74. The number of nitrogens with zero attached hydrogens (tertiary/aromatic N) is 1. The summed E-state index contributed by atoms with van der Waals surface area (Å²) in [6, 6.07) is 7.89. The Labute approximate surface area is 109 Å². The van der Waals surface area contributed by atoms with Crippen LogP contribution < -0.4 is 10.9 Å². The number of H-pyrrole nitrogens is 2. The first-order valence-corrected chi connectivity index (χ1v) is 5.75. The number of hydrogen-bond donors (Lipinski definition) is 4. The summed E-state index contributed by atoms with van der Waals surface area (Å²) in [6.45, 7) is 2.01. The zero-order chi connectivity index (χ0) is 12.3. The maximum Gasteiger partial charge on any atom is 0.213 e.